The number of benzene rings is 1. The van der Waals surface area contributed by atoms with Gasteiger partial charge >= 0.3 is 5.97 Å². The Hall–Kier alpha value is -1.51. The lowest BCUT2D eigenvalue weighted by Crippen LogP contribution is -2.16. The monoisotopic (exact) mass is 234 g/mol. The molecule has 0 aromatic heterocycles. The number of fused-ring (bicyclic) bond motifs is 1. The smallest absolute Gasteiger partial charge is 0.306 e. The summed E-state index contributed by atoms with van der Waals surface area (Å²) >= 11 is 0. The van der Waals surface area contributed by atoms with Gasteiger partial charge in [0.05, 0.1) is 0 Å². The number of ether oxygens (including phenoxy) is 1. The quantitative estimate of drug-likeness (QED) is 0.817. The fraction of sp³-hybridized carbons (Fsp3) is 0.500. The Balaban J connectivity index is 2.17. The molecule has 0 radical (unpaired) electrons. The van der Waals surface area contributed by atoms with Gasteiger partial charge in [-0.3, -0.25) is 4.79 Å². The summed E-state index contributed by atoms with van der Waals surface area (Å²) in [6.07, 6.45) is 3.76. The molecule has 0 heterocycles. The highest BCUT2D eigenvalue weighted by molar-refractivity contribution is 5.69. The predicted octanol–water partition coefficient (Wildman–Crippen LogP) is 3.11. The number of hydrogen-bond acceptors (Lipinski definition) is 3. The highest BCUT2D eigenvalue weighted by Gasteiger charge is 2.24. The van der Waals surface area contributed by atoms with Crippen molar-refractivity contribution in [2.75, 3.05) is 0 Å². The molecule has 1 aliphatic carbocycles. The fourth-order valence-electron chi connectivity index (χ4n) is 2.33. The van der Waals surface area contributed by atoms with E-state index in [1.54, 1.807) is 12.1 Å². The van der Waals surface area contributed by atoms with Crippen LogP contribution in [-0.2, 0) is 16.0 Å². The number of carbonyl (C=O) groups excluding carboxylic acids is 1. The van der Waals surface area contributed by atoms with Gasteiger partial charge < -0.3 is 9.84 Å². The van der Waals surface area contributed by atoms with Crippen LogP contribution in [-0.4, -0.2) is 11.1 Å². The Morgan fingerprint density at radius 2 is 2.35 bits per heavy atom. The SMILES string of the molecule is CCCC(=O)OC1CCCc2c(O)cccc21. The highest BCUT2D eigenvalue weighted by atomic mass is 16.5. The Labute approximate surface area is 101 Å². The molecular formula is C14H18O3. The van der Waals surface area contributed by atoms with Crippen molar-refractivity contribution in [2.24, 2.45) is 0 Å². The standard InChI is InChI=1S/C14H18O3/c1-2-5-14(16)17-13-9-4-6-10-11(13)7-3-8-12(10)15/h3,7-8,13,15H,2,4-6,9H2,1H3. The molecule has 92 valence electrons. The van der Waals surface area contributed by atoms with Crippen LogP contribution in [0.3, 0.4) is 0 Å². The van der Waals surface area contributed by atoms with Crippen molar-refractivity contribution >= 4 is 5.97 Å². The molecule has 1 aromatic carbocycles. The molecule has 0 spiro atoms. The normalized spacial score (nSPS) is 18.5. The molecule has 2 rings (SSSR count). The number of aromatic hydroxyl groups is 1. The third kappa shape index (κ3) is 2.60. The maximum absolute atomic E-state index is 11.5. The average Bonchev–Trinajstić information content (AvgIpc) is 2.31. The first-order chi connectivity index (χ1) is 8.22. The van der Waals surface area contributed by atoms with Gasteiger partial charge in [0.2, 0.25) is 0 Å². The van der Waals surface area contributed by atoms with Gasteiger partial charge in [0.25, 0.3) is 0 Å². The van der Waals surface area contributed by atoms with E-state index in [1.165, 1.54) is 0 Å². The summed E-state index contributed by atoms with van der Waals surface area (Å²) in [7, 11) is 0. The molecular weight excluding hydrogens is 216 g/mol. The second kappa shape index (κ2) is 5.21. The number of phenols is 1. The molecule has 1 aliphatic rings. The van der Waals surface area contributed by atoms with E-state index in [1.807, 2.05) is 13.0 Å². The Morgan fingerprint density at radius 1 is 1.53 bits per heavy atom. The van der Waals surface area contributed by atoms with Gasteiger partial charge in [0, 0.05) is 12.0 Å². The first-order valence-electron chi connectivity index (χ1n) is 6.22. The molecule has 0 amide bonds. The van der Waals surface area contributed by atoms with Gasteiger partial charge in [-0.15, -0.1) is 0 Å². The Bertz CT molecular complexity index is 412. The van der Waals surface area contributed by atoms with Gasteiger partial charge in [-0.05, 0) is 37.3 Å². The van der Waals surface area contributed by atoms with Crippen molar-refractivity contribution in [3.05, 3.63) is 29.3 Å². The zero-order valence-corrected chi connectivity index (χ0v) is 10.1. The molecule has 3 heteroatoms. The van der Waals surface area contributed by atoms with E-state index in [0.717, 1.165) is 36.8 Å². The second-order valence-electron chi connectivity index (χ2n) is 4.47. The number of esters is 1. The molecule has 0 saturated carbocycles. The lowest BCUT2D eigenvalue weighted by atomic mass is 9.89. The van der Waals surface area contributed by atoms with E-state index in [0.29, 0.717) is 12.2 Å². The third-order valence-corrected chi connectivity index (χ3v) is 3.16. The molecule has 1 N–H and O–H groups in total. The zero-order valence-electron chi connectivity index (χ0n) is 10.1. The van der Waals surface area contributed by atoms with Crippen LogP contribution < -0.4 is 0 Å². The molecule has 0 saturated heterocycles. The summed E-state index contributed by atoms with van der Waals surface area (Å²) in [5.41, 5.74) is 1.91. The van der Waals surface area contributed by atoms with Crippen molar-refractivity contribution < 1.29 is 14.6 Å². The molecule has 1 unspecified atom stereocenters. The minimum atomic E-state index is -0.176. The summed E-state index contributed by atoms with van der Waals surface area (Å²) in [5.74, 6) is 0.174. The Morgan fingerprint density at radius 3 is 3.12 bits per heavy atom. The zero-order chi connectivity index (χ0) is 12.3. The van der Waals surface area contributed by atoms with Crippen LogP contribution in [0.1, 0.15) is 49.8 Å². The summed E-state index contributed by atoms with van der Waals surface area (Å²) in [6, 6.07) is 5.44. The van der Waals surface area contributed by atoms with E-state index in [4.69, 9.17) is 4.74 Å². The Kier molecular flexibility index (Phi) is 3.67. The van der Waals surface area contributed by atoms with Gasteiger partial charge in [0.1, 0.15) is 11.9 Å². The van der Waals surface area contributed by atoms with Crippen LogP contribution in [0.4, 0.5) is 0 Å². The molecule has 1 aromatic rings. The van der Waals surface area contributed by atoms with E-state index < -0.39 is 0 Å². The van der Waals surface area contributed by atoms with Crippen molar-refractivity contribution in [3.63, 3.8) is 0 Å². The van der Waals surface area contributed by atoms with Gasteiger partial charge in [0.15, 0.2) is 0 Å². The van der Waals surface area contributed by atoms with E-state index in [2.05, 4.69) is 0 Å². The van der Waals surface area contributed by atoms with E-state index in [9.17, 15) is 9.90 Å². The topological polar surface area (TPSA) is 46.5 Å². The second-order valence-corrected chi connectivity index (χ2v) is 4.47. The van der Waals surface area contributed by atoms with Crippen LogP contribution in [0.2, 0.25) is 0 Å². The third-order valence-electron chi connectivity index (χ3n) is 3.16. The lowest BCUT2D eigenvalue weighted by molar-refractivity contribution is -0.150. The van der Waals surface area contributed by atoms with Crippen LogP contribution in [0.5, 0.6) is 5.75 Å². The van der Waals surface area contributed by atoms with E-state index >= 15 is 0 Å². The van der Waals surface area contributed by atoms with E-state index in [-0.39, 0.29) is 12.1 Å². The lowest BCUT2D eigenvalue weighted by Gasteiger charge is -2.25. The average molecular weight is 234 g/mol. The van der Waals surface area contributed by atoms with Crippen molar-refractivity contribution in [1.29, 1.82) is 0 Å². The minimum Gasteiger partial charge on any atom is -0.508 e. The maximum Gasteiger partial charge on any atom is 0.306 e. The van der Waals surface area contributed by atoms with Crippen molar-refractivity contribution in [1.82, 2.24) is 0 Å². The molecule has 17 heavy (non-hydrogen) atoms. The molecule has 0 bridgehead atoms. The molecule has 0 fully saturated rings. The van der Waals surface area contributed by atoms with Gasteiger partial charge in [-0.25, -0.2) is 0 Å². The number of rotatable bonds is 3. The molecule has 0 aliphatic heterocycles. The number of phenolic OH excluding ortho intramolecular Hbond substituents is 1. The van der Waals surface area contributed by atoms with Crippen molar-refractivity contribution in [2.45, 2.75) is 45.1 Å². The van der Waals surface area contributed by atoms with Crippen LogP contribution in [0.25, 0.3) is 0 Å². The minimum absolute atomic E-state index is 0.145. The largest absolute Gasteiger partial charge is 0.508 e. The summed E-state index contributed by atoms with van der Waals surface area (Å²) < 4.78 is 5.46. The van der Waals surface area contributed by atoms with Crippen LogP contribution >= 0.6 is 0 Å². The van der Waals surface area contributed by atoms with Crippen LogP contribution in [0, 0.1) is 0 Å². The highest BCUT2D eigenvalue weighted by Crippen LogP contribution is 2.36. The van der Waals surface area contributed by atoms with Crippen LogP contribution in [0.15, 0.2) is 18.2 Å². The first-order valence-corrected chi connectivity index (χ1v) is 6.22. The molecule has 1 atom stereocenters. The summed E-state index contributed by atoms with van der Waals surface area (Å²) in [6.45, 7) is 1.96. The fourth-order valence-corrected chi connectivity index (χ4v) is 2.33. The van der Waals surface area contributed by atoms with Gasteiger partial charge in [-0.2, -0.15) is 0 Å². The molecule has 3 nitrogen and oxygen atoms in total. The maximum atomic E-state index is 11.5. The number of hydrogen-bond donors (Lipinski definition) is 1. The summed E-state index contributed by atoms with van der Waals surface area (Å²) in [4.78, 5) is 11.5. The first kappa shape index (κ1) is 12.0. The van der Waals surface area contributed by atoms with Crippen molar-refractivity contribution in [3.8, 4) is 5.75 Å². The van der Waals surface area contributed by atoms with Gasteiger partial charge in [-0.1, -0.05) is 19.1 Å². The number of carbonyl (C=O) groups is 1. The predicted molar refractivity (Wildman–Crippen MR) is 64.8 cm³/mol. The summed E-state index contributed by atoms with van der Waals surface area (Å²) in [5, 5.41) is 9.77.